The van der Waals surface area contributed by atoms with Crippen molar-refractivity contribution in [2.45, 2.75) is 39.5 Å². The lowest BCUT2D eigenvalue weighted by Gasteiger charge is -2.34. The highest BCUT2D eigenvalue weighted by Gasteiger charge is 2.30. The minimum atomic E-state index is -3.40. The maximum Gasteiger partial charge on any atom is 0.243 e. The Labute approximate surface area is 140 Å². The Kier molecular flexibility index (Phi) is 5.65. The van der Waals surface area contributed by atoms with Crippen molar-refractivity contribution in [2.24, 2.45) is 0 Å². The van der Waals surface area contributed by atoms with Crippen LogP contribution in [0.5, 0.6) is 0 Å². The summed E-state index contributed by atoms with van der Waals surface area (Å²) < 4.78 is 27.7. The van der Waals surface area contributed by atoms with E-state index in [1.54, 1.807) is 4.31 Å². The van der Waals surface area contributed by atoms with Gasteiger partial charge in [0.05, 0.1) is 4.90 Å². The van der Waals surface area contributed by atoms with Gasteiger partial charge < -0.3 is 0 Å². The second-order valence-corrected chi connectivity index (χ2v) is 8.59. The Bertz CT molecular complexity index is 673. The van der Waals surface area contributed by atoms with Crippen molar-refractivity contribution in [3.8, 4) is 0 Å². The van der Waals surface area contributed by atoms with Crippen LogP contribution in [-0.2, 0) is 10.0 Å². The van der Waals surface area contributed by atoms with Crippen LogP contribution in [0.4, 0.5) is 0 Å². The van der Waals surface area contributed by atoms with Gasteiger partial charge in [0.2, 0.25) is 10.0 Å². The van der Waals surface area contributed by atoms with Crippen molar-refractivity contribution in [1.29, 1.82) is 0 Å². The third-order valence-corrected chi connectivity index (χ3v) is 6.50. The van der Waals surface area contributed by atoms with E-state index in [9.17, 15) is 8.42 Å². The molecular formula is C18H28N2O2S. The maximum atomic E-state index is 13.0. The molecule has 2 rings (SSSR count). The SMILES string of the molecule is CC(C)=CCN1CCN(S(=O)(=O)c2c(C)cc(C)cc2C)CC1. The molecule has 23 heavy (non-hydrogen) atoms. The van der Waals surface area contributed by atoms with Gasteiger partial charge in [0.15, 0.2) is 0 Å². The Morgan fingerprint density at radius 3 is 2.04 bits per heavy atom. The normalized spacial score (nSPS) is 17.3. The van der Waals surface area contributed by atoms with Crippen LogP contribution in [-0.4, -0.2) is 50.3 Å². The lowest BCUT2D eigenvalue weighted by molar-refractivity contribution is 0.204. The number of hydrogen-bond donors (Lipinski definition) is 0. The van der Waals surface area contributed by atoms with Crippen LogP contribution in [0.1, 0.15) is 30.5 Å². The van der Waals surface area contributed by atoms with Crippen LogP contribution in [0.15, 0.2) is 28.7 Å². The zero-order chi connectivity index (χ0) is 17.2. The highest BCUT2D eigenvalue weighted by molar-refractivity contribution is 7.89. The predicted octanol–water partition coefficient (Wildman–Crippen LogP) is 2.88. The van der Waals surface area contributed by atoms with Gasteiger partial charge in [0.1, 0.15) is 0 Å². The lowest BCUT2D eigenvalue weighted by atomic mass is 10.1. The number of benzene rings is 1. The third kappa shape index (κ3) is 4.22. The molecule has 0 aliphatic carbocycles. The first kappa shape index (κ1) is 18.2. The number of nitrogens with zero attached hydrogens (tertiary/aromatic N) is 2. The summed E-state index contributed by atoms with van der Waals surface area (Å²) in [6, 6.07) is 3.90. The molecular weight excluding hydrogens is 308 g/mol. The van der Waals surface area contributed by atoms with Crippen molar-refractivity contribution in [2.75, 3.05) is 32.7 Å². The van der Waals surface area contributed by atoms with Crippen LogP contribution >= 0.6 is 0 Å². The Morgan fingerprint density at radius 2 is 1.57 bits per heavy atom. The summed E-state index contributed by atoms with van der Waals surface area (Å²) in [4.78, 5) is 2.79. The summed E-state index contributed by atoms with van der Waals surface area (Å²) in [6.45, 7) is 13.5. The lowest BCUT2D eigenvalue weighted by Crippen LogP contribution is -2.48. The molecule has 1 heterocycles. The molecule has 0 N–H and O–H groups in total. The molecule has 4 nitrogen and oxygen atoms in total. The first-order chi connectivity index (χ1) is 10.7. The van der Waals surface area contributed by atoms with Gasteiger partial charge in [-0.05, 0) is 45.7 Å². The maximum absolute atomic E-state index is 13.0. The zero-order valence-corrected chi connectivity index (χ0v) is 15.7. The molecule has 0 saturated carbocycles. The van der Waals surface area contributed by atoms with E-state index in [-0.39, 0.29) is 0 Å². The second kappa shape index (κ2) is 7.16. The molecule has 0 aromatic heterocycles. The first-order valence-corrected chi connectivity index (χ1v) is 9.59. The predicted molar refractivity (Wildman–Crippen MR) is 95.3 cm³/mol. The number of hydrogen-bond acceptors (Lipinski definition) is 3. The summed E-state index contributed by atoms with van der Waals surface area (Å²) in [5.74, 6) is 0. The molecule has 0 spiro atoms. The van der Waals surface area contributed by atoms with E-state index in [4.69, 9.17) is 0 Å². The highest BCUT2D eigenvalue weighted by atomic mass is 32.2. The van der Waals surface area contributed by atoms with Crippen LogP contribution < -0.4 is 0 Å². The Hall–Kier alpha value is -1.17. The summed E-state index contributed by atoms with van der Waals surface area (Å²) in [7, 11) is -3.40. The highest BCUT2D eigenvalue weighted by Crippen LogP contribution is 2.26. The van der Waals surface area contributed by atoms with Crippen LogP contribution in [0.2, 0.25) is 0 Å². The number of aryl methyl sites for hydroxylation is 3. The fourth-order valence-electron chi connectivity index (χ4n) is 3.17. The van der Waals surface area contributed by atoms with E-state index in [1.165, 1.54) is 5.57 Å². The fourth-order valence-corrected chi connectivity index (χ4v) is 5.00. The molecule has 0 amide bonds. The molecule has 0 unspecified atom stereocenters. The van der Waals surface area contributed by atoms with E-state index >= 15 is 0 Å². The van der Waals surface area contributed by atoms with E-state index in [0.29, 0.717) is 18.0 Å². The van der Waals surface area contributed by atoms with Crippen molar-refractivity contribution in [3.05, 3.63) is 40.5 Å². The van der Waals surface area contributed by atoms with E-state index in [1.807, 2.05) is 32.9 Å². The van der Waals surface area contributed by atoms with E-state index in [0.717, 1.165) is 36.3 Å². The molecule has 5 heteroatoms. The van der Waals surface area contributed by atoms with Gasteiger partial charge in [0, 0.05) is 32.7 Å². The monoisotopic (exact) mass is 336 g/mol. The minimum Gasteiger partial charge on any atom is -0.297 e. The first-order valence-electron chi connectivity index (χ1n) is 8.15. The number of piperazine rings is 1. The van der Waals surface area contributed by atoms with Gasteiger partial charge in [-0.2, -0.15) is 4.31 Å². The molecule has 1 aliphatic heterocycles. The van der Waals surface area contributed by atoms with Crippen LogP contribution in [0, 0.1) is 20.8 Å². The average molecular weight is 337 g/mol. The summed E-state index contributed by atoms with van der Waals surface area (Å²) in [6.07, 6.45) is 2.19. The minimum absolute atomic E-state index is 0.487. The van der Waals surface area contributed by atoms with Crippen molar-refractivity contribution in [3.63, 3.8) is 0 Å². The zero-order valence-electron chi connectivity index (χ0n) is 14.9. The Morgan fingerprint density at radius 1 is 1.04 bits per heavy atom. The van der Waals surface area contributed by atoms with Gasteiger partial charge in [-0.3, -0.25) is 4.90 Å². The third-order valence-electron chi connectivity index (χ3n) is 4.29. The molecule has 128 valence electrons. The smallest absolute Gasteiger partial charge is 0.243 e. The number of rotatable bonds is 4. The van der Waals surface area contributed by atoms with Crippen LogP contribution in [0.25, 0.3) is 0 Å². The molecule has 1 fully saturated rings. The second-order valence-electron chi connectivity index (χ2n) is 6.71. The molecule has 1 aromatic rings. The number of sulfonamides is 1. The summed E-state index contributed by atoms with van der Waals surface area (Å²) in [5, 5.41) is 0. The van der Waals surface area contributed by atoms with Gasteiger partial charge >= 0.3 is 0 Å². The van der Waals surface area contributed by atoms with Gasteiger partial charge in [-0.1, -0.05) is 29.3 Å². The molecule has 1 aliphatic rings. The fraction of sp³-hybridized carbons (Fsp3) is 0.556. The molecule has 0 radical (unpaired) electrons. The van der Waals surface area contributed by atoms with Crippen molar-refractivity contribution < 1.29 is 8.42 Å². The van der Waals surface area contributed by atoms with Crippen molar-refractivity contribution in [1.82, 2.24) is 9.21 Å². The van der Waals surface area contributed by atoms with E-state index in [2.05, 4.69) is 24.8 Å². The molecule has 0 bridgehead atoms. The largest absolute Gasteiger partial charge is 0.297 e. The van der Waals surface area contributed by atoms with Gasteiger partial charge in [-0.25, -0.2) is 8.42 Å². The number of allylic oxidation sites excluding steroid dienone is 1. The molecule has 1 saturated heterocycles. The summed E-state index contributed by atoms with van der Waals surface area (Å²) in [5.41, 5.74) is 4.08. The molecule has 1 aromatic carbocycles. The standard InChI is InChI=1S/C18H28N2O2S/c1-14(2)6-7-19-8-10-20(11-9-19)23(21,22)18-16(4)12-15(3)13-17(18)5/h6,12-13H,7-11H2,1-5H3. The van der Waals surface area contributed by atoms with Gasteiger partial charge in [-0.15, -0.1) is 0 Å². The Balaban J connectivity index is 2.15. The summed E-state index contributed by atoms with van der Waals surface area (Å²) >= 11 is 0. The average Bonchev–Trinajstić information content (AvgIpc) is 2.44. The van der Waals surface area contributed by atoms with Crippen LogP contribution in [0.3, 0.4) is 0 Å². The molecule has 0 atom stereocenters. The quantitative estimate of drug-likeness (QED) is 0.794. The topological polar surface area (TPSA) is 40.6 Å². The van der Waals surface area contributed by atoms with Crippen molar-refractivity contribution >= 4 is 10.0 Å². The van der Waals surface area contributed by atoms with E-state index < -0.39 is 10.0 Å². The van der Waals surface area contributed by atoms with Gasteiger partial charge in [0.25, 0.3) is 0 Å².